The number of nitrogens with zero attached hydrogens (tertiary/aromatic N) is 3. The van der Waals surface area contributed by atoms with Gasteiger partial charge in [0.15, 0.2) is 4.34 Å². The molecule has 140 valence electrons. The zero-order valence-electron chi connectivity index (χ0n) is 15.2. The van der Waals surface area contributed by atoms with Gasteiger partial charge >= 0.3 is 0 Å². The number of carbonyl (C=O) groups is 1. The molecule has 4 aromatic rings. The summed E-state index contributed by atoms with van der Waals surface area (Å²) in [4.78, 5) is 17.9. The van der Waals surface area contributed by atoms with Crippen LogP contribution in [0.3, 0.4) is 0 Å². The highest BCUT2D eigenvalue weighted by Gasteiger charge is 2.08. The van der Waals surface area contributed by atoms with Gasteiger partial charge in [0.2, 0.25) is 5.91 Å². The second-order valence-electron chi connectivity index (χ2n) is 6.23. The Balaban J connectivity index is 1.34. The molecular weight excluding hydrogens is 388 g/mol. The van der Waals surface area contributed by atoms with E-state index in [-0.39, 0.29) is 12.3 Å². The highest BCUT2D eigenvalue weighted by atomic mass is 32.2. The maximum atomic E-state index is 12.3. The zero-order valence-corrected chi connectivity index (χ0v) is 16.8. The number of hydrogen-bond donors (Lipinski definition) is 1. The summed E-state index contributed by atoms with van der Waals surface area (Å²) in [5.74, 6) is -0.0661. The Morgan fingerprint density at radius 3 is 2.64 bits per heavy atom. The van der Waals surface area contributed by atoms with Crippen molar-refractivity contribution in [3.8, 4) is 5.69 Å². The van der Waals surface area contributed by atoms with Gasteiger partial charge in [0.05, 0.1) is 18.3 Å². The second-order valence-corrected chi connectivity index (χ2v) is 8.41. The van der Waals surface area contributed by atoms with E-state index in [9.17, 15) is 4.79 Å². The Morgan fingerprint density at radius 1 is 1.14 bits per heavy atom. The molecule has 2 heterocycles. The first-order chi connectivity index (χ1) is 13.7. The summed E-state index contributed by atoms with van der Waals surface area (Å²) >= 11 is 3.26. The minimum atomic E-state index is -0.0661. The van der Waals surface area contributed by atoms with E-state index in [1.165, 1.54) is 0 Å². The molecule has 0 aliphatic heterocycles. The van der Waals surface area contributed by atoms with Crippen molar-refractivity contribution in [2.75, 3.05) is 5.32 Å². The Hall–Kier alpha value is -2.90. The van der Waals surface area contributed by atoms with Gasteiger partial charge in [-0.15, -0.1) is 11.3 Å². The first-order valence-electron chi connectivity index (χ1n) is 8.74. The van der Waals surface area contributed by atoms with Gasteiger partial charge < -0.3 is 5.32 Å². The summed E-state index contributed by atoms with van der Waals surface area (Å²) in [6, 6.07) is 17.6. The maximum Gasteiger partial charge on any atom is 0.228 e. The number of carbonyl (C=O) groups excluding carboxylic acids is 1. The van der Waals surface area contributed by atoms with Crippen molar-refractivity contribution in [3.63, 3.8) is 0 Å². The van der Waals surface area contributed by atoms with Crippen LogP contribution in [-0.2, 0) is 11.2 Å². The standard InChI is InChI=1S/C21H18N4OS2/c1-15-14-27-21(23-15)28-19-9-7-17(8-10-19)24-20(26)11-16-12-22-25(13-16)18-5-3-2-4-6-18/h2-10,12-14H,11H2,1H3,(H,24,26). The molecule has 28 heavy (non-hydrogen) atoms. The third-order valence-corrected chi connectivity index (χ3v) is 6.03. The van der Waals surface area contributed by atoms with Crippen LogP contribution >= 0.6 is 23.1 Å². The normalized spacial score (nSPS) is 10.8. The SMILES string of the molecule is Cc1csc(Sc2ccc(NC(=O)Cc3cnn(-c4ccccc4)c3)cc2)n1. The maximum absolute atomic E-state index is 12.3. The first kappa shape index (κ1) is 18.5. The number of rotatable bonds is 6. The van der Waals surface area contributed by atoms with Gasteiger partial charge in [0, 0.05) is 27.9 Å². The van der Waals surface area contributed by atoms with Crippen molar-refractivity contribution in [2.24, 2.45) is 0 Å². The van der Waals surface area contributed by atoms with Crippen molar-refractivity contribution < 1.29 is 4.79 Å². The van der Waals surface area contributed by atoms with Gasteiger partial charge in [-0.3, -0.25) is 4.79 Å². The number of benzene rings is 2. The van der Waals surface area contributed by atoms with Crippen molar-refractivity contribution in [2.45, 2.75) is 22.6 Å². The number of nitrogens with one attached hydrogen (secondary N) is 1. The lowest BCUT2D eigenvalue weighted by molar-refractivity contribution is -0.115. The van der Waals surface area contributed by atoms with Crippen molar-refractivity contribution >= 4 is 34.7 Å². The molecule has 4 rings (SSSR count). The Labute approximate surface area is 171 Å². The minimum absolute atomic E-state index is 0.0661. The Kier molecular flexibility index (Phi) is 5.55. The molecule has 1 amide bonds. The van der Waals surface area contributed by atoms with E-state index in [1.54, 1.807) is 34.0 Å². The number of amides is 1. The van der Waals surface area contributed by atoms with Gasteiger partial charge in [-0.25, -0.2) is 9.67 Å². The molecule has 0 aliphatic rings. The van der Waals surface area contributed by atoms with E-state index in [4.69, 9.17) is 0 Å². The molecule has 0 saturated heterocycles. The molecule has 0 aliphatic carbocycles. The molecule has 2 aromatic carbocycles. The average Bonchev–Trinajstić information content (AvgIpc) is 3.33. The zero-order chi connectivity index (χ0) is 19.3. The fourth-order valence-corrected chi connectivity index (χ4v) is 4.46. The molecular formula is C21H18N4OS2. The monoisotopic (exact) mass is 406 g/mol. The number of thiazole rings is 1. The number of para-hydroxylation sites is 1. The summed E-state index contributed by atoms with van der Waals surface area (Å²) in [6.07, 6.45) is 3.88. The number of hydrogen-bond acceptors (Lipinski definition) is 5. The molecule has 0 bridgehead atoms. The summed E-state index contributed by atoms with van der Waals surface area (Å²) in [5.41, 5.74) is 3.65. The van der Waals surface area contributed by atoms with Crippen LogP contribution in [0.15, 0.2) is 81.6 Å². The highest BCUT2D eigenvalue weighted by Crippen LogP contribution is 2.30. The lowest BCUT2D eigenvalue weighted by Gasteiger charge is -2.05. The van der Waals surface area contributed by atoms with Crippen LogP contribution in [0.25, 0.3) is 5.69 Å². The largest absolute Gasteiger partial charge is 0.326 e. The van der Waals surface area contributed by atoms with Crippen LogP contribution in [0.2, 0.25) is 0 Å². The van der Waals surface area contributed by atoms with Crippen LogP contribution in [0.4, 0.5) is 5.69 Å². The molecule has 0 spiro atoms. The Bertz CT molecular complexity index is 1070. The molecule has 7 heteroatoms. The van der Waals surface area contributed by atoms with E-state index >= 15 is 0 Å². The van der Waals surface area contributed by atoms with E-state index in [2.05, 4.69) is 15.4 Å². The average molecular weight is 407 g/mol. The molecule has 0 atom stereocenters. The van der Waals surface area contributed by atoms with Crippen LogP contribution < -0.4 is 5.32 Å². The predicted molar refractivity (Wildman–Crippen MR) is 113 cm³/mol. The molecule has 0 fully saturated rings. The van der Waals surface area contributed by atoms with Crippen LogP contribution in [0, 0.1) is 6.92 Å². The quantitative estimate of drug-likeness (QED) is 0.491. The lowest BCUT2D eigenvalue weighted by atomic mass is 10.2. The molecule has 2 aromatic heterocycles. The lowest BCUT2D eigenvalue weighted by Crippen LogP contribution is -2.13. The minimum Gasteiger partial charge on any atom is -0.326 e. The number of aromatic nitrogens is 3. The van der Waals surface area contributed by atoms with Crippen LogP contribution in [0.5, 0.6) is 0 Å². The second kappa shape index (κ2) is 8.41. The fraction of sp³-hybridized carbons (Fsp3) is 0.0952. The molecule has 0 radical (unpaired) electrons. The predicted octanol–water partition coefficient (Wildman–Crippen LogP) is 4.97. The topological polar surface area (TPSA) is 59.8 Å². The third-order valence-electron chi connectivity index (χ3n) is 3.96. The van der Waals surface area contributed by atoms with Crippen molar-refractivity contribution in [3.05, 3.63) is 83.6 Å². The summed E-state index contributed by atoms with van der Waals surface area (Å²) in [7, 11) is 0. The van der Waals surface area contributed by atoms with Gasteiger partial charge in [-0.2, -0.15) is 5.10 Å². The summed E-state index contributed by atoms with van der Waals surface area (Å²) in [5, 5.41) is 9.30. The van der Waals surface area contributed by atoms with Crippen LogP contribution in [-0.4, -0.2) is 20.7 Å². The van der Waals surface area contributed by atoms with Crippen molar-refractivity contribution in [1.29, 1.82) is 0 Å². The van der Waals surface area contributed by atoms with Crippen LogP contribution in [0.1, 0.15) is 11.3 Å². The van der Waals surface area contributed by atoms with E-state index in [1.807, 2.05) is 73.1 Å². The van der Waals surface area contributed by atoms with Gasteiger partial charge in [-0.05, 0) is 48.9 Å². The van der Waals surface area contributed by atoms with E-state index < -0.39 is 0 Å². The Morgan fingerprint density at radius 2 is 1.93 bits per heavy atom. The van der Waals surface area contributed by atoms with E-state index in [0.717, 1.165) is 31.9 Å². The molecule has 0 saturated carbocycles. The summed E-state index contributed by atoms with van der Waals surface area (Å²) in [6.45, 7) is 1.99. The third kappa shape index (κ3) is 4.68. The molecule has 5 nitrogen and oxygen atoms in total. The number of aryl methyl sites for hydroxylation is 1. The molecule has 0 unspecified atom stereocenters. The number of anilines is 1. The van der Waals surface area contributed by atoms with Crippen molar-refractivity contribution in [1.82, 2.24) is 14.8 Å². The highest BCUT2D eigenvalue weighted by molar-refractivity contribution is 8.01. The summed E-state index contributed by atoms with van der Waals surface area (Å²) < 4.78 is 2.79. The van der Waals surface area contributed by atoms with Gasteiger partial charge in [-0.1, -0.05) is 30.0 Å². The smallest absolute Gasteiger partial charge is 0.228 e. The molecule has 1 N–H and O–H groups in total. The van der Waals surface area contributed by atoms with Gasteiger partial charge in [0.1, 0.15) is 0 Å². The van der Waals surface area contributed by atoms with Gasteiger partial charge in [0.25, 0.3) is 0 Å². The first-order valence-corrected chi connectivity index (χ1v) is 10.4. The fourth-order valence-electron chi connectivity index (χ4n) is 2.65. The van der Waals surface area contributed by atoms with E-state index in [0.29, 0.717) is 0 Å².